The number of furan rings is 1. The summed E-state index contributed by atoms with van der Waals surface area (Å²) in [5.74, 6) is 0.960. The van der Waals surface area contributed by atoms with Crippen LogP contribution in [0.15, 0.2) is 75.3 Å². The second kappa shape index (κ2) is 11.3. The Balaban J connectivity index is 1.24. The Morgan fingerprint density at radius 2 is 1.88 bits per heavy atom. The number of carbonyl (C=O) groups is 1. The molecule has 3 heterocycles. The van der Waals surface area contributed by atoms with Crippen molar-refractivity contribution in [3.05, 3.63) is 78.0 Å². The van der Waals surface area contributed by atoms with Crippen LogP contribution in [0.25, 0.3) is 0 Å². The molecule has 10 nitrogen and oxygen atoms in total. The Hall–Kier alpha value is -3.90. The number of halogens is 1. The molecule has 3 aromatic rings. The van der Waals surface area contributed by atoms with Gasteiger partial charge in [0.25, 0.3) is 5.91 Å². The van der Waals surface area contributed by atoms with Gasteiger partial charge in [0.2, 0.25) is 10.0 Å². The predicted octanol–water partition coefficient (Wildman–Crippen LogP) is 3.84. The van der Waals surface area contributed by atoms with Crippen LogP contribution in [0.5, 0.6) is 11.5 Å². The zero-order chi connectivity index (χ0) is 28.3. The third kappa shape index (κ3) is 5.68. The molecule has 1 spiro atoms. The van der Waals surface area contributed by atoms with E-state index in [1.807, 2.05) is 6.07 Å². The monoisotopic (exact) mass is 571 g/mol. The summed E-state index contributed by atoms with van der Waals surface area (Å²) in [4.78, 5) is 19.1. The number of carbonyl (C=O) groups excluding carboxylic acids is 1. The number of amides is 1. The maximum absolute atomic E-state index is 13.3. The number of hydrogen-bond acceptors (Lipinski definition) is 8. The van der Waals surface area contributed by atoms with Crippen LogP contribution >= 0.6 is 0 Å². The Morgan fingerprint density at radius 1 is 1.12 bits per heavy atom. The number of piperidine rings is 1. The number of nitrogens with one attached hydrogen (secondary N) is 1. The zero-order valence-corrected chi connectivity index (χ0v) is 22.9. The van der Waals surface area contributed by atoms with Crippen molar-refractivity contribution in [3.8, 4) is 11.5 Å². The fraction of sp³-hybridized carbons (Fsp3) is 0.357. The Kier molecular flexibility index (Phi) is 7.81. The second-order valence-corrected chi connectivity index (χ2v) is 11.7. The van der Waals surface area contributed by atoms with Crippen molar-refractivity contribution in [1.82, 2.24) is 9.62 Å². The third-order valence-electron chi connectivity index (χ3n) is 7.29. The highest BCUT2D eigenvalue weighted by atomic mass is 32.2. The number of hydrogen-bond donors (Lipinski definition) is 1. The number of oxime groups is 1. The van der Waals surface area contributed by atoms with Gasteiger partial charge in [-0.05, 0) is 54.6 Å². The summed E-state index contributed by atoms with van der Waals surface area (Å²) in [5.41, 5.74) is 0.279. The first kappa shape index (κ1) is 27.7. The molecular weight excluding hydrogens is 541 g/mol. The quantitative estimate of drug-likeness (QED) is 0.415. The third-order valence-corrected chi connectivity index (χ3v) is 9.20. The molecule has 1 fully saturated rings. The largest absolute Gasteiger partial charge is 0.497 e. The average molecular weight is 572 g/mol. The highest BCUT2D eigenvalue weighted by Gasteiger charge is 2.46. The van der Waals surface area contributed by atoms with E-state index in [1.165, 1.54) is 22.7 Å². The highest BCUT2D eigenvalue weighted by Crippen LogP contribution is 2.37. The molecular formula is C28H30FN3O7S. The SMILES string of the molecule is COc1ccc(OC)c(CC(NC(=O)C2=NOC3(CCN(S(=O)(=O)c4ccc(F)cc4)CC3)C2)c2ccco2)c1. The lowest BCUT2D eigenvalue weighted by Crippen LogP contribution is -2.47. The second-order valence-electron chi connectivity index (χ2n) is 9.77. The molecule has 0 radical (unpaired) electrons. The van der Waals surface area contributed by atoms with Crippen LogP contribution in [0.3, 0.4) is 0 Å². The van der Waals surface area contributed by atoms with Gasteiger partial charge in [0.15, 0.2) is 0 Å². The molecule has 2 aliphatic rings. The molecule has 0 aliphatic carbocycles. The van der Waals surface area contributed by atoms with E-state index in [0.29, 0.717) is 36.5 Å². The minimum absolute atomic E-state index is 0.0325. The van der Waals surface area contributed by atoms with Gasteiger partial charge in [-0.25, -0.2) is 12.8 Å². The summed E-state index contributed by atoms with van der Waals surface area (Å²) < 4.78 is 57.1. The van der Waals surface area contributed by atoms with Crippen LogP contribution in [0.1, 0.15) is 36.6 Å². The van der Waals surface area contributed by atoms with Crippen LogP contribution in [0.2, 0.25) is 0 Å². The van der Waals surface area contributed by atoms with Gasteiger partial charge in [-0.3, -0.25) is 4.79 Å². The number of benzene rings is 2. The van der Waals surface area contributed by atoms with Gasteiger partial charge in [0, 0.05) is 44.3 Å². The van der Waals surface area contributed by atoms with E-state index < -0.39 is 33.4 Å². The van der Waals surface area contributed by atoms with Crippen LogP contribution in [-0.2, 0) is 26.1 Å². The molecule has 0 bridgehead atoms. The van der Waals surface area contributed by atoms with E-state index >= 15 is 0 Å². The first-order valence-electron chi connectivity index (χ1n) is 12.8. The molecule has 2 aliphatic heterocycles. The van der Waals surface area contributed by atoms with Gasteiger partial charge in [0.05, 0.1) is 31.4 Å². The maximum Gasteiger partial charge on any atom is 0.269 e. The van der Waals surface area contributed by atoms with Gasteiger partial charge in [-0.1, -0.05) is 5.16 Å². The van der Waals surface area contributed by atoms with Crippen molar-refractivity contribution in [2.24, 2.45) is 5.16 Å². The lowest BCUT2D eigenvalue weighted by Gasteiger charge is -2.36. The van der Waals surface area contributed by atoms with E-state index in [9.17, 15) is 17.6 Å². The standard InChI is InChI=1S/C28H30FN3O7S/c1-36-21-7-10-25(37-2)19(16-21)17-23(26-4-3-15-38-26)30-27(33)24-18-28(39-31-24)11-13-32(14-12-28)40(34,35)22-8-5-20(29)6-9-22/h3-10,15-16,23H,11-14,17-18H2,1-2H3,(H,30,33). The number of sulfonamides is 1. The number of nitrogens with zero attached hydrogens (tertiary/aromatic N) is 2. The van der Waals surface area contributed by atoms with E-state index in [2.05, 4.69) is 10.5 Å². The molecule has 2 aromatic carbocycles. The van der Waals surface area contributed by atoms with Gasteiger partial charge in [-0.2, -0.15) is 4.31 Å². The van der Waals surface area contributed by atoms with E-state index in [4.69, 9.17) is 18.7 Å². The molecule has 1 atom stereocenters. The first-order valence-corrected chi connectivity index (χ1v) is 14.2. The Bertz CT molecular complexity index is 1480. The van der Waals surface area contributed by atoms with Crippen molar-refractivity contribution in [2.45, 2.75) is 42.2 Å². The van der Waals surface area contributed by atoms with Gasteiger partial charge >= 0.3 is 0 Å². The fourth-order valence-corrected chi connectivity index (χ4v) is 6.46. The lowest BCUT2D eigenvalue weighted by molar-refractivity contribution is -0.115. The van der Waals surface area contributed by atoms with Crippen LogP contribution in [0, 0.1) is 5.82 Å². The Labute approximate surface area is 231 Å². The van der Waals surface area contributed by atoms with Crippen molar-refractivity contribution >= 4 is 21.6 Å². The molecule has 1 unspecified atom stereocenters. The van der Waals surface area contributed by atoms with E-state index in [0.717, 1.165) is 17.7 Å². The number of ether oxygens (including phenoxy) is 2. The first-order chi connectivity index (χ1) is 19.2. The maximum atomic E-state index is 13.3. The molecule has 1 N–H and O–H groups in total. The molecule has 12 heteroatoms. The van der Waals surface area contributed by atoms with Crippen LogP contribution in [-0.4, -0.2) is 57.3 Å². The predicted molar refractivity (Wildman–Crippen MR) is 143 cm³/mol. The summed E-state index contributed by atoms with van der Waals surface area (Å²) in [5, 5.41) is 7.09. The van der Waals surface area contributed by atoms with Crippen molar-refractivity contribution in [1.29, 1.82) is 0 Å². The molecule has 40 heavy (non-hydrogen) atoms. The van der Waals surface area contributed by atoms with Crippen molar-refractivity contribution in [2.75, 3.05) is 27.3 Å². The molecule has 1 saturated heterocycles. The molecule has 1 amide bonds. The van der Waals surface area contributed by atoms with Crippen LogP contribution < -0.4 is 14.8 Å². The minimum atomic E-state index is -3.77. The number of methoxy groups -OCH3 is 2. The molecule has 1 aromatic heterocycles. The summed E-state index contributed by atoms with van der Waals surface area (Å²) in [6, 6.07) is 13.2. The average Bonchev–Trinajstić information content (AvgIpc) is 3.64. The summed E-state index contributed by atoms with van der Waals surface area (Å²) >= 11 is 0. The fourth-order valence-electron chi connectivity index (χ4n) is 5.02. The topological polar surface area (TPSA) is 120 Å². The van der Waals surface area contributed by atoms with Crippen molar-refractivity contribution < 1.29 is 36.3 Å². The van der Waals surface area contributed by atoms with Gasteiger partial charge in [0.1, 0.15) is 34.4 Å². The van der Waals surface area contributed by atoms with Crippen LogP contribution in [0.4, 0.5) is 4.39 Å². The molecule has 0 saturated carbocycles. The Morgan fingerprint density at radius 3 is 2.52 bits per heavy atom. The molecule has 212 valence electrons. The smallest absolute Gasteiger partial charge is 0.269 e. The van der Waals surface area contributed by atoms with Gasteiger partial charge < -0.3 is 24.0 Å². The van der Waals surface area contributed by atoms with E-state index in [-0.39, 0.29) is 30.1 Å². The highest BCUT2D eigenvalue weighted by molar-refractivity contribution is 7.89. The normalized spacial score (nSPS) is 17.6. The minimum Gasteiger partial charge on any atom is -0.497 e. The lowest BCUT2D eigenvalue weighted by atomic mass is 9.87. The zero-order valence-electron chi connectivity index (χ0n) is 22.1. The molecule has 5 rings (SSSR count). The summed E-state index contributed by atoms with van der Waals surface area (Å²) in [7, 11) is -0.619. The summed E-state index contributed by atoms with van der Waals surface area (Å²) in [6.07, 6.45) is 2.87. The van der Waals surface area contributed by atoms with Gasteiger partial charge in [-0.15, -0.1) is 0 Å². The number of rotatable bonds is 9. The van der Waals surface area contributed by atoms with E-state index in [1.54, 1.807) is 38.5 Å². The van der Waals surface area contributed by atoms with Crippen molar-refractivity contribution in [3.63, 3.8) is 0 Å². The summed E-state index contributed by atoms with van der Waals surface area (Å²) in [6.45, 7) is 0.379.